The summed E-state index contributed by atoms with van der Waals surface area (Å²) < 4.78 is 5.23. The molecule has 0 aliphatic carbocycles. The van der Waals surface area contributed by atoms with Gasteiger partial charge in [-0.15, -0.1) is 0 Å². The Bertz CT molecular complexity index is 261. The molecule has 0 unspecified atom stereocenters. The Morgan fingerprint density at radius 3 is 2.57 bits per heavy atom. The van der Waals surface area contributed by atoms with Crippen LogP contribution in [0.3, 0.4) is 0 Å². The summed E-state index contributed by atoms with van der Waals surface area (Å²) in [4.78, 5) is 0. The quantitative estimate of drug-likeness (QED) is 0.842. The summed E-state index contributed by atoms with van der Waals surface area (Å²) in [5, 5.41) is 9.18. The van der Waals surface area contributed by atoms with Crippen LogP contribution in [-0.2, 0) is 0 Å². The van der Waals surface area contributed by atoms with E-state index >= 15 is 0 Å². The van der Waals surface area contributed by atoms with Gasteiger partial charge in [-0.2, -0.15) is 0 Å². The molecular weight excluding hydrogens is 200 g/mol. The minimum absolute atomic E-state index is 0.0198. The molecule has 0 radical (unpaired) electrons. The zero-order chi connectivity index (χ0) is 11.0. The second kappa shape index (κ2) is 7.65. The maximum atomic E-state index is 8.53. The summed E-state index contributed by atoms with van der Waals surface area (Å²) >= 11 is 5.75. The number of aliphatic hydroxyl groups is 1. The first-order valence-corrected chi connectivity index (χ1v) is 5.11. The van der Waals surface area contributed by atoms with Gasteiger partial charge in [-0.05, 0) is 24.6 Å². The second-order valence-corrected chi connectivity index (χ2v) is 2.92. The molecule has 0 aliphatic rings. The monoisotopic (exact) mass is 216 g/mol. The molecule has 0 aromatic heterocycles. The molecule has 0 atom stereocenters. The first-order chi connectivity index (χ1) is 6.74. The molecule has 3 heteroatoms. The summed E-state index contributed by atoms with van der Waals surface area (Å²) in [6, 6.07) is 5.43. The molecule has 1 rings (SSSR count). The van der Waals surface area contributed by atoms with Crippen molar-refractivity contribution in [2.24, 2.45) is 0 Å². The summed E-state index contributed by atoms with van der Waals surface area (Å²) in [7, 11) is 0. The van der Waals surface area contributed by atoms with Gasteiger partial charge in [-0.1, -0.05) is 31.5 Å². The number of hydrogen-bond donors (Lipinski definition) is 1. The first-order valence-electron chi connectivity index (χ1n) is 4.74. The molecule has 0 heterocycles. The zero-order valence-corrected chi connectivity index (χ0v) is 9.64. The van der Waals surface area contributed by atoms with Gasteiger partial charge in [0, 0.05) is 5.02 Å². The molecule has 0 spiro atoms. The van der Waals surface area contributed by atoms with Gasteiger partial charge in [-0.3, -0.25) is 0 Å². The molecule has 0 saturated carbocycles. The Morgan fingerprint density at radius 1 is 1.36 bits per heavy atom. The molecule has 80 valence electrons. The number of aliphatic hydroxyl groups excluding tert-OH is 1. The molecule has 0 aliphatic heterocycles. The maximum absolute atomic E-state index is 8.53. The number of ether oxygens (including phenoxy) is 1. The van der Waals surface area contributed by atoms with E-state index in [1.807, 2.05) is 32.9 Å². The fourth-order valence-electron chi connectivity index (χ4n) is 0.885. The third kappa shape index (κ3) is 4.49. The lowest BCUT2D eigenvalue weighted by molar-refractivity contribution is 0.200. The predicted octanol–water partition coefficient (Wildman–Crippen LogP) is 3.05. The Balaban J connectivity index is 0.000000791. The van der Waals surface area contributed by atoms with Crippen molar-refractivity contribution in [1.29, 1.82) is 0 Å². The summed E-state index contributed by atoms with van der Waals surface area (Å²) in [5.41, 5.74) is 1.02. The van der Waals surface area contributed by atoms with Crippen LogP contribution in [0.2, 0.25) is 5.02 Å². The number of benzene rings is 1. The molecule has 1 aromatic rings. The number of rotatable bonds is 3. The van der Waals surface area contributed by atoms with Gasteiger partial charge in [0.25, 0.3) is 0 Å². The molecule has 0 saturated heterocycles. The summed E-state index contributed by atoms with van der Waals surface area (Å²) in [6.45, 7) is 6.26. The number of hydrogen-bond acceptors (Lipinski definition) is 2. The lowest BCUT2D eigenvalue weighted by Gasteiger charge is -2.07. The van der Waals surface area contributed by atoms with Crippen molar-refractivity contribution >= 4 is 11.6 Å². The summed E-state index contributed by atoms with van der Waals surface area (Å²) in [5.74, 6) is 0.733. The fourth-order valence-corrected chi connectivity index (χ4v) is 1.05. The molecule has 1 aromatic carbocycles. The SMILES string of the molecule is CC.Cc1ccc(Cl)cc1OCCO. The normalized spacial score (nSPS) is 8.93. The van der Waals surface area contributed by atoms with Crippen LogP contribution in [-0.4, -0.2) is 18.3 Å². The van der Waals surface area contributed by atoms with Crippen LogP contribution >= 0.6 is 11.6 Å². The Kier molecular flexibility index (Phi) is 7.25. The van der Waals surface area contributed by atoms with Crippen molar-refractivity contribution in [2.75, 3.05) is 13.2 Å². The topological polar surface area (TPSA) is 29.5 Å². The van der Waals surface area contributed by atoms with E-state index in [9.17, 15) is 0 Å². The van der Waals surface area contributed by atoms with Crippen LogP contribution in [0.5, 0.6) is 5.75 Å². The number of aryl methyl sites for hydroxylation is 1. The van der Waals surface area contributed by atoms with Gasteiger partial charge in [0.1, 0.15) is 12.4 Å². The van der Waals surface area contributed by atoms with Crippen molar-refractivity contribution in [1.82, 2.24) is 0 Å². The minimum atomic E-state index is 0.0198. The van der Waals surface area contributed by atoms with Crippen LogP contribution < -0.4 is 4.74 Å². The smallest absolute Gasteiger partial charge is 0.123 e. The van der Waals surface area contributed by atoms with E-state index in [0.29, 0.717) is 11.6 Å². The highest BCUT2D eigenvalue weighted by Gasteiger charge is 1.99. The Hall–Kier alpha value is -0.730. The van der Waals surface area contributed by atoms with E-state index in [0.717, 1.165) is 11.3 Å². The van der Waals surface area contributed by atoms with Gasteiger partial charge >= 0.3 is 0 Å². The zero-order valence-electron chi connectivity index (χ0n) is 8.88. The van der Waals surface area contributed by atoms with E-state index in [1.54, 1.807) is 6.07 Å². The third-order valence-corrected chi connectivity index (χ3v) is 1.73. The van der Waals surface area contributed by atoms with Crippen LogP contribution in [0.25, 0.3) is 0 Å². The highest BCUT2D eigenvalue weighted by molar-refractivity contribution is 6.30. The van der Waals surface area contributed by atoms with E-state index in [4.69, 9.17) is 21.4 Å². The van der Waals surface area contributed by atoms with E-state index in [-0.39, 0.29) is 6.61 Å². The maximum Gasteiger partial charge on any atom is 0.123 e. The van der Waals surface area contributed by atoms with Gasteiger partial charge in [0.15, 0.2) is 0 Å². The molecule has 14 heavy (non-hydrogen) atoms. The fraction of sp³-hybridized carbons (Fsp3) is 0.455. The highest BCUT2D eigenvalue weighted by atomic mass is 35.5. The number of halogens is 1. The van der Waals surface area contributed by atoms with Crippen molar-refractivity contribution in [3.8, 4) is 5.75 Å². The van der Waals surface area contributed by atoms with Gasteiger partial charge in [0.05, 0.1) is 6.61 Å². The van der Waals surface area contributed by atoms with Crippen LogP contribution in [0, 0.1) is 6.92 Å². The Morgan fingerprint density at radius 2 is 2.00 bits per heavy atom. The molecule has 0 amide bonds. The predicted molar refractivity (Wildman–Crippen MR) is 60.1 cm³/mol. The largest absolute Gasteiger partial charge is 0.491 e. The molecule has 0 fully saturated rings. The van der Waals surface area contributed by atoms with Crippen LogP contribution in [0.15, 0.2) is 18.2 Å². The van der Waals surface area contributed by atoms with Crippen LogP contribution in [0.1, 0.15) is 19.4 Å². The van der Waals surface area contributed by atoms with Crippen LogP contribution in [0.4, 0.5) is 0 Å². The average molecular weight is 217 g/mol. The van der Waals surface area contributed by atoms with Crippen molar-refractivity contribution in [3.63, 3.8) is 0 Å². The molecule has 2 nitrogen and oxygen atoms in total. The van der Waals surface area contributed by atoms with Gasteiger partial charge in [-0.25, -0.2) is 0 Å². The third-order valence-electron chi connectivity index (χ3n) is 1.50. The average Bonchev–Trinajstić information content (AvgIpc) is 2.22. The highest BCUT2D eigenvalue weighted by Crippen LogP contribution is 2.22. The van der Waals surface area contributed by atoms with Crippen molar-refractivity contribution in [2.45, 2.75) is 20.8 Å². The van der Waals surface area contributed by atoms with E-state index in [2.05, 4.69) is 0 Å². The standard InChI is InChI=1S/C9H11ClO2.C2H6/c1-7-2-3-8(10)6-9(7)12-5-4-11;1-2/h2-3,6,11H,4-5H2,1H3;1-2H3. The van der Waals surface area contributed by atoms with E-state index in [1.165, 1.54) is 0 Å². The summed E-state index contributed by atoms with van der Waals surface area (Å²) in [6.07, 6.45) is 0. The Labute approximate surface area is 90.5 Å². The second-order valence-electron chi connectivity index (χ2n) is 2.48. The molecule has 0 bridgehead atoms. The van der Waals surface area contributed by atoms with Gasteiger partial charge < -0.3 is 9.84 Å². The van der Waals surface area contributed by atoms with Crippen molar-refractivity contribution < 1.29 is 9.84 Å². The lowest BCUT2D eigenvalue weighted by atomic mass is 10.2. The minimum Gasteiger partial charge on any atom is -0.491 e. The van der Waals surface area contributed by atoms with Crippen molar-refractivity contribution in [3.05, 3.63) is 28.8 Å². The molecule has 1 N–H and O–H groups in total. The first kappa shape index (κ1) is 13.3. The van der Waals surface area contributed by atoms with E-state index < -0.39 is 0 Å². The molecular formula is C11H17ClO2. The van der Waals surface area contributed by atoms with Gasteiger partial charge in [0.2, 0.25) is 0 Å². The lowest BCUT2D eigenvalue weighted by Crippen LogP contribution is -2.02.